The summed E-state index contributed by atoms with van der Waals surface area (Å²) in [4.78, 5) is 1.43. The monoisotopic (exact) mass is 297 g/mol. The molecule has 0 aliphatic carbocycles. The van der Waals surface area contributed by atoms with Gasteiger partial charge in [-0.1, -0.05) is 13.0 Å². The molecule has 0 bridgehead atoms. The molecule has 1 unspecified atom stereocenters. The smallest absolute Gasteiger partial charge is 0.0881 e. The molecule has 0 saturated carbocycles. The van der Waals surface area contributed by atoms with Gasteiger partial charge in [-0.2, -0.15) is 0 Å². The van der Waals surface area contributed by atoms with Crippen LogP contribution in [0.2, 0.25) is 0 Å². The SMILES string of the molecule is CCCNC(Cc1cccs1)C1(OCC)CCOCC1. The molecule has 1 aliphatic heterocycles. The van der Waals surface area contributed by atoms with Gasteiger partial charge < -0.3 is 14.8 Å². The van der Waals surface area contributed by atoms with E-state index in [2.05, 4.69) is 36.7 Å². The lowest BCUT2D eigenvalue weighted by molar-refractivity contribution is -0.126. The molecular formula is C16H27NO2S. The van der Waals surface area contributed by atoms with E-state index in [1.54, 1.807) is 0 Å². The van der Waals surface area contributed by atoms with Gasteiger partial charge in [0.25, 0.3) is 0 Å². The van der Waals surface area contributed by atoms with Crippen molar-refractivity contribution in [3.05, 3.63) is 22.4 Å². The molecule has 3 nitrogen and oxygen atoms in total. The summed E-state index contributed by atoms with van der Waals surface area (Å²) in [5.74, 6) is 0. The van der Waals surface area contributed by atoms with E-state index in [-0.39, 0.29) is 5.60 Å². The first-order valence-electron chi connectivity index (χ1n) is 7.78. The lowest BCUT2D eigenvalue weighted by Crippen LogP contribution is -2.56. The van der Waals surface area contributed by atoms with E-state index in [1.807, 2.05) is 11.3 Å². The van der Waals surface area contributed by atoms with Crippen LogP contribution in [0.1, 0.15) is 38.0 Å². The second kappa shape index (κ2) is 8.13. The fourth-order valence-electron chi connectivity index (χ4n) is 2.99. The highest BCUT2D eigenvalue weighted by atomic mass is 32.1. The van der Waals surface area contributed by atoms with Gasteiger partial charge in [-0.3, -0.25) is 0 Å². The Morgan fingerprint density at radius 3 is 2.80 bits per heavy atom. The Bertz CT molecular complexity index is 355. The third-order valence-corrected chi connectivity index (χ3v) is 4.93. The molecule has 1 aliphatic rings. The van der Waals surface area contributed by atoms with Crippen LogP contribution in [-0.4, -0.2) is 38.0 Å². The summed E-state index contributed by atoms with van der Waals surface area (Å²) in [6, 6.07) is 4.74. The molecular weight excluding hydrogens is 270 g/mol. The lowest BCUT2D eigenvalue weighted by atomic mass is 9.83. The molecule has 1 aromatic heterocycles. The number of thiophene rings is 1. The van der Waals surface area contributed by atoms with Crippen molar-refractivity contribution in [1.82, 2.24) is 5.32 Å². The predicted molar refractivity (Wildman–Crippen MR) is 84.5 cm³/mol. The summed E-state index contributed by atoms with van der Waals surface area (Å²) < 4.78 is 11.8. The number of rotatable bonds is 8. The molecule has 1 saturated heterocycles. The van der Waals surface area contributed by atoms with Gasteiger partial charge in [0, 0.05) is 43.6 Å². The van der Waals surface area contributed by atoms with Gasteiger partial charge >= 0.3 is 0 Å². The van der Waals surface area contributed by atoms with Crippen molar-refractivity contribution in [1.29, 1.82) is 0 Å². The predicted octanol–water partition coefficient (Wildman–Crippen LogP) is 3.24. The van der Waals surface area contributed by atoms with Gasteiger partial charge in [-0.25, -0.2) is 0 Å². The minimum absolute atomic E-state index is 0.0633. The van der Waals surface area contributed by atoms with Crippen LogP contribution in [0.3, 0.4) is 0 Å². The summed E-state index contributed by atoms with van der Waals surface area (Å²) in [5, 5.41) is 5.89. The van der Waals surface area contributed by atoms with Crippen molar-refractivity contribution >= 4 is 11.3 Å². The van der Waals surface area contributed by atoms with Crippen molar-refractivity contribution in [3.8, 4) is 0 Å². The van der Waals surface area contributed by atoms with Gasteiger partial charge in [-0.15, -0.1) is 11.3 Å². The third-order valence-electron chi connectivity index (χ3n) is 4.03. The zero-order valence-corrected chi connectivity index (χ0v) is 13.5. The van der Waals surface area contributed by atoms with Gasteiger partial charge in [0.1, 0.15) is 0 Å². The van der Waals surface area contributed by atoms with Crippen LogP contribution in [-0.2, 0) is 15.9 Å². The maximum atomic E-state index is 6.24. The largest absolute Gasteiger partial charge is 0.381 e. The number of ether oxygens (including phenoxy) is 2. The normalized spacial score (nSPS) is 19.9. The minimum atomic E-state index is -0.0633. The van der Waals surface area contributed by atoms with Crippen molar-refractivity contribution < 1.29 is 9.47 Å². The molecule has 1 fully saturated rings. The molecule has 4 heteroatoms. The van der Waals surface area contributed by atoms with Crippen LogP contribution in [0.15, 0.2) is 17.5 Å². The van der Waals surface area contributed by atoms with Crippen molar-refractivity contribution in [3.63, 3.8) is 0 Å². The first-order chi connectivity index (χ1) is 9.80. The molecule has 1 atom stereocenters. The van der Waals surface area contributed by atoms with E-state index in [4.69, 9.17) is 9.47 Å². The van der Waals surface area contributed by atoms with Crippen molar-refractivity contribution in [2.45, 2.75) is 51.2 Å². The van der Waals surface area contributed by atoms with Gasteiger partial charge in [0.05, 0.1) is 5.60 Å². The Kier molecular flexibility index (Phi) is 6.49. The highest BCUT2D eigenvalue weighted by molar-refractivity contribution is 7.09. The number of nitrogens with one attached hydrogen (secondary N) is 1. The lowest BCUT2D eigenvalue weighted by Gasteiger charge is -2.43. The van der Waals surface area contributed by atoms with E-state index in [1.165, 1.54) is 4.88 Å². The fraction of sp³-hybridized carbons (Fsp3) is 0.750. The van der Waals surface area contributed by atoms with Gasteiger partial charge in [-0.05, 0) is 37.8 Å². The maximum Gasteiger partial charge on any atom is 0.0881 e. The van der Waals surface area contributed by atoms with E-state index in [9.17, 15) is 0 Å². The van der Waals surface area contributed by atoms with E-state index >= 15 is 0 Å². The Hall–Kier alpha value is -0.420. The topological polar surface area (TPSA) is 30.5 Å². The molecule has 0 aromatic carbocycles. The first-order valence-corrected chi connectivity index (χ1v) is 8.66. The number of hydrogen-bond donors (Lipinski definition) is 1. The summed E-state index contributed by atoms with van der Waals surface area (Å²) in [6.07, 6.45) is 4.19. The molecule has 2 heterocycles. The molecule has 114 valence electrons. The van der Waals surface area contributed by atoms with Crippen LogP contribution in [0.25, 0.3) is 0 Å². The average molecular weight is 297 g/mol. The standard InChI is InChI=1S/C16H27NO2S/c1-3-9-17-15(13-14-6-5-12-20-14)16(19-4-2)7-10-18-11-8-16/h5-6,12,15,17H,3-4,7-11,13H2,1-2H3. The summed E-state index contributed by atoms with van der Waals surface area (Å²) in [5.41, 5.74) is -0.0633. The van der Waals surface area contributed by atoms with E-state index in [0.717, 1.165) is 52.0 Å². The maximum absolute atomic E-state index is 6.24. The van der Waals surface area contributed by atoms with Crippen LogP contribution < -0.4 is 5.32 Å². The van der Waals surface area contributed by atoms with Crippen LogP contribution in [0, 0.1) is 0 Å². The van der Waals surface area contributed by atoms with Crippen LogP contribution in [0.4, 0.5) is 0 Å². The molecule has 0 amide bonds. The second-order valence-electron chi connectivity index (χ2n) is 5.40. The zero-order chi connectivity index (χ0) is 14.3. The molecule has 20 heavy (non-hydrogen) atoms. The van der Waals surface area contributed by atoms with Gasteiger partial charge in [0.15, 0.2) is 0 Å². The fourth-order valence-corrected chi connectivity index (χ4v) is 3.74. The van der Waals surface area contributed by atoms with Crippen LogP contribution in [0.5, 0.6) is 0 Å². The minimum Gasteiger partial charge on any atom is -0.381 e. The Labute approximate surface area is 126 Å². The Morgan fingerprint density at radius 1 is 1.40 bits per heavy atom. The van der Waals surface area contributed by atoms with Crippen molar-refractivity contribution in [2.75, 3.05) is 26.4 Å². The molecule has 2 rings (SSSR count). The molecule has 0 spiro atoms. The number of hydrogen-bond acceptors (Lipinski definition) is 4. The zero-order valence-electron chi connectivity index (χ0n) is 12.7. The van der Waals surface area contributed by atoms with Crippen molar-refractivity contribution in [2.24, 2.45) is 0 Å². The first kappa shape index (κ1) is 16.0. The third kappa shape index (κ3) is 4.04. The molecule has 0 radical (unpaired) electrons. The van der Waals surface area contributed by atoms with Gasteiger partial charge in [0.2, 0.25) is 0 Å². The molecule has 1 aromatic rings. The highest BCUT2D eigenvalue weighted by Gasteiger charge is 2.40. The second-order valence-corrected chi connectivity index (χ2v) is 6.43. The quantitative estimate of drug-likeness (QED) is 0.799. The summed E-state index contributed by atoms with van der Waals surface area (Å²) >= 11 is 1.84. The highest BCUT2D eigenvalue weighted by Crippen LogP contribution is 2.31. The average Bonchev–Trinajstić information content (AvgIpc) is 2.97. The van der Waals surface area contributed by atoms with E-state index in [0.29, 0.717) is 6.04 Å². The van der Waals surface area contributed by atoms with E-state index < -0.39 is 0 Å². The van der Waals surface area contributed by atoms with Crippen LogP contribution >= 0.6 is 11.3 Å². The summed E-state index contributed by atoms with van der Waals surface area (Å²) in [6.45, 7) is 7.76. The molecule has 1 N–H and O–H groups in total. The Balaban J connectivity index is 2.12. The Morgan fingerprint density at radius 2 is 2.20 bits per heavy atom. The summed E-state index contributed by atoms with van der Waals surface area (Å²) in [7, 11) is 0.